The Morgan fingerprint density at radius 1 is 0.654 bits per heavy atom. The zero-order valence-electron chi connectivity index (χ0n) is 16.9. The van der Waals surface area contributed by atoms with Gasteiger partial charge in [0.25, 0.3) is 0 Å². The van der Waals surface area contributed by atoms with E-state index in [0.717, 1.165) is 23.5 Å². The zero-order valence-corrected chi connectivity index (χ0v) is 18.6. The molecule has 0 amide bonds. The summed E-state index contributed by atoms with van der Waals surface area (Å²) in [6, 6.07) is 20.2. The molecule has 0 aliphatic carbocycles. The molecule has 2 aromatic rings. The quantitative estimate of drug-likeness (QED) is 0.397. The van der Waals surface area contributed by atoms with E-state index in [2.05, 4.69) is 24.3 Å². The molecule has 0 aliphatic heterocycles. The summed E-state index contributed by atoms with van der Waals surface area (Å²) in [4.78, 5) is 0. The third kappa shape index (κ3) is 7.45. The Kier molecular flexibility index (Phi) is 6.06. The van der Waals surface area contributed by atoms with Crippen molar-refractivity contribution in [1.29, 1.82) is 0 Å². The fraction of sp³-hybridized carbons (Fsp3) is 0.400. The Morgan fingerprint density at radius 2 is 0.962 bits per heavy atom. The van der Waals surface area contributed by atoms with Gasteiger partial charge in [-0.15, -0.1) is 0 Å². The van der Waals surface area contributed by atoms with Gasteiger partial charge in [0.05, 0.1) is 0 Å². The van der Waals surface area contributed by atoms with Crippen molar-refractivity contribution in [3.8, 4) is 0 Å². The molecule has 0 aromatic heterocycles. The van der Waals surface area contributed by atoms with Crippen LogP contribution in [-0.4, -0.2) is 47.4 Å². The first-order valence-corrected chi connectivity index (χ1v) is 16.3. The number of benzene rings is 2. The van der Waals surface area contributed by atoms with Crippen molar-refractivity contribution >= 4 is 21.1 Å². The minimum atomic E-state index is -2.69. The molecule has 0 atom stereocenters. The molecule has 0 aliphatic rings. The molecule has 0 heterocycles. The minimum absolute atomic E-state index is 0.724. The average molecular weight is 396 g/mol. The second kappa shape index (κ2) is 7.32. The van der Waals surface area contributed by atoms with Gasteiger partial charge in [-0.2, -0.15) is 0 Å². The second-order valence-electron chi connectivity index (χ2n) is 9.71. The van der Waals surface area contributed by atoms with Gasteiger partial charge in [0.2, 0.25) is 0 Å². The van der Waals surface area contributed by atoms with Gasteiger partial charge in [-0.25, -0.2) is 0 Å². The van der Waals surface area contributed by atoms with Crippen molar-refractivity contribution in [1.82, 2.24) is 0 Å². The van der Waals surface area contributed by atoms with Crippen LogP contribution in [-0.2, 0) is 21.2 Å². The van der Waals surface area contributed by atoms with Crippen molar-refractivity contribution in [3.05, 3.63) is 71.8 Å². The molecule has 144 valence electrons. The molecular weight excluding hydrogens is 364 g/mol. The molecule has 2 nitrogen and oxygen atoms in total. The summed E-state index contributed by atoms with van der Waals surface area (Å²) in [6.45, 7) is 6.88. The van der Waals surface area contributed by atoms with E-state index in [1.807, 2.05) is 76.4 Å². The summed E-state index contributed by atoms with van der Waals surface area (Å²) >= 11 is 0. The van der Waals surface area contributed by atoms with Gasteiger partial charge in [0, 0.05) is 0 Å². The Labute approximate surface area is 158 Å². The SMILES string of the molecule is CP(C)(C)(Cc1ccccc1)OB(F)OP(C)(C)(C)Cc1ccccc1. The van der Waals surface area contributed by atoms with Crippen molar-refractivity contribution in [2.45, 2.75) is 12.3 Å². The molecule has 0 bridgehead atoms. The van der Waals surface area contributed by atoms with E-state index >= 15 is 0 Å². The summed E-state index contributed by atoms with van der Waals surface area (Å²) in [7, 11) is -1.71. The maximum absolute atomic E-state index is 14.9. The summed E-state index contributed by atoms with van der Waals surface area (Å²) in [6.07, 6.45) is 1.45. The van der Waals surface area contributed by atoms with Crippen LogP contribution >= 0.6 is 13.7 Å². The van der Waals surface area contributed by atoms with Crippen LogP contribution in [0.4, 0.5) is 4.32 Å². The first-order chi connectivity index (χ1) is 11.8. The molecule has 0 unspecified atom stereocenters. The third-order valence-corrected chi connectivity index (χ3v) is 8.86. The van der Waals surface area contributed by atoms with E-state index in [0.29, 0.717) is 0 Å². The number of halogens is 1. The molecule has 0 spiro atoms. The number of rotatable bonds is 8. The van der Waals surface area contributed by atoms with Crippen molar-refractivity contribution in [2.75, 3.05) is 40.0 Å². The van der Waals surface area contributed by atoms with E-state index in [9.17, 15) is 4.32 Å². The molecule has 26 heavy (non-hydrogen) atoms. The van der Waals surface area contributed by atoms with Gasteiger partial charge >= 0.3 is 158 Å². The van der Waals surface area contributed by atoms with Gasteiger partial charge in [-0.05, 0) is 0 Å². The predicted molar refractivity (Wildman–Crippen MR) is 119 cm³/mol. The van der Waals surface area contributed by atoms with Gasteiger partial charge in [-0.1, -0.05) is 0 Å². The fourth-order valence-electron chi connectivity index (χ4n) is 3.12. The van der Waals surface area contributed by atoms with E-state index in [1.54, 1.807) is 0 Å². The Balaban J connectivity index is 2.06. The molecule has 0 radical (unpaired) electrons. The maximum atomic E-state index is 14.9. The number of hydrogen-bond acceptors (Lipinski definition) is 2. The molecule has 0 saturated heterocycles. The summed E-state index contributed by atoms with van der Waals surface area (Å²) in [5.41, 5.74) is 2.33. The summed E-state index contributed by atoms with van der Waals surface area (Å²) in [5, 5.41) is 0. The van der Waals surface area contributed by atoms with Crippen LogP contribution in [0.3, 0.4) is 0 Å². The van der Waals surface area contributed by atoms with E-state index in [1.165, 1.54) is 0 Å². The first-order valence-electron chi connectivity index (χ1n) is 8.90. The average Bonchev–Trinajstić information content (AvgIpc) is 2.44. The van der Waals surface area contributed by atoms with Crippen LogP contribution in [0.25, 0.3) is 0 Å². The van der Waals surface area contributed by atoms with Gasteiger partial charge in [0.1, 0.15) is 0 Å². The summed E-state index contributed by atoms with van der Waals surface area (Å²) < 4.78 is 26.8. The van der Waals surface area contributed by atoms with E-state index in [4.69, 9.17) is 8.88 Å². The van der Waals surface area contributed by atoms with Crippen LogP contribution in [0.1, 0.15) is 11.1 Å². The van der Waals surface area contributed by atoms with Crippen LogP contribution in [0.15, 0.2) is 60.7 Å². The molecular formula is C20H32BFO2P2. The van der Waals surface area contributed by atoms with E-state index in [-0.39, 0.29) is 0 Å². The van der Waals surface area contributed by atoms with Gasteiger partial charge in [-0.3, -0.25) is 0 Å². The van der Waals surface area contributed by atoms with Gasteiger partial charge < -0.3 is 0 Å². The second-order valence-corrected chi connectivity index (χ2v) is 22.6. The van der Waals surface area contributed by atoms with Crippen molar-refractivity contribution in [2.24, 2.45) is 0 Å². The predicted octanol–water partition coefficient (Wildman–Crippen LogP) is 6.09. The van der Waals surface area contributed by atoms with E-state index < -0.39 is 21.1 Å². The number of hydrogen-bond donors (Lipinski definition) is 0. The molecule has 0 saturated carbocycles. The Bertz CT molecular complexity index is 658. The standard InChI is InChI=1S/C20H32BFO2P2/c1-25(2,3,17-19-13-9-7-10-14-19)23-21(22)24-26(4,5,6)18-20-15-11-8-12-16-20/h7-16H,17-18H2,1-6H3. The first kappa shape index (κ1) is 21.5. The topological polar surface area (TPSA) is 18.5 Å². The van der Waals surface area contributed by atoms with Crippen LogP contribution < -0.4 is 0 Å². The molecule has 2 rings (SSSR count). The van der Waals surface area contributed by atoms with Crippen LogP contribution in [0, 0.1) is 0 Å². The third-order valence-electron chi connectivity index (χ3n) is 4.08. The Hall–Kier alpha value is -0.785. The van der Waals surface area contributed by atoms with Crippen molar-refractivity contribution < 1.29 is 13.2 Å². The Morgan fingerprint density at radius 3 is 1.27 bits per heavy atom. The monoisotopic (exact) mass is 396 g/mol. The van der Waals surface area contributed by atoms with Crippen molar-refractivity contribution in [3.63, 3.8) is 0 Å². The molecule has 6 heteroatoms. The summed E-state index contributed by atoms with van der Waals surface area (Å²) in [5.74, 6) is 0. The van der Waals surface area contributed by atoms with Crippen LogP contribution in [0.2, 0.25) is 0 Å². The molecule has 0 fully saturated rings. The molecule has 2 aromatic carbocycles. The fourth-order valence-corrected chi connectivity index (χ4v) is 7.56. The van der Waals surface area contributed by atoms with Crippen LogP contribution in [0.5, 0.6) is 0 Å². The zero-order chi connectivity index (χ0) is 19.5. The normalized spacial score (nSPS) is 15.5. The molecule has 0 N–H and O–H groups in total. The van der Waals surface area contributed by atoms with Gasteiger partial charge in [0.15, 0.2) is 0 Å².